The number of β-amino-alcohol motifs (C(OH)–C–C–N with tert-alkyl or cyclic N) is 1. The highest BCUT2D eigenvalue weighted by molar-refractivity contribution is 5.58. The van der Waals surface area contributed by atoms with Crippen LogP contribution in [0.3, 0.4) is 0 Å². The maximum atomic E-state index is 10.3. The van der Waals surface area contributed by atoms with Gasteiger partial charge in [0.2, 0.25) is 0 Å². The number of carbonyl (C=O) groups excluding carboxylic acids is 1. The molecule has 0 bridgehead atoms. The van der Waals surface area contributed by atoms with Gasteiger partial charge in [-0.05, 0) is 6.42 Å². The molecule has 0 amide bonds. The van der Waals surface area contributed by atoms with Gasteiger partial charge in [0.15, 0.2) is 0 Å². The predicted molar refractivity (Wildman–Crippen MR) is 28.5 cm³/mol. The van der Waals surface area contributed by atoms with Crippen molar-refractivity contribution in [2.75, 3.05) is 6.54 Å². The highest BCUT2D eigenvalue weighted by Crippen LogP contribution is 2.02. The molecule has 1 rings (SSSR count). The molecule has 2 atom stereocenters. The Morgan fingerprint density at radius 1 is 2.00 bits per heavy atom. The number of aliphatic hydroxyl groups excluding tert-OH is 1. The first kappa shape index (κ1) is 4.47. The van der Waals surface area contributed by atoms with E-state index >= 15 is 0 Å². The molecule has 0 aromatic heterocycles. The zero-order valence-corrected chi connectivity index (χ0v) is 4.42. The molecule has 0 spiro atoms. The Labute approximate surface area is 49.1 Å². The molecule has 0 aromatic rings. The number of aliphatic hydroxyl groups is 1. The molecule has 1 aliphatic heterocycles. The molecule has 1 aliphatic rings. The van der Waals surface area contributed by atoms with Gasteiger partial charge in [0.1, 0.15) is 7.63 Å². The Kier molecular flexibility index (Phi) is 1.25. The molecule has 0 aliphatic carbocycles. The molecule has 0 aromatic carbocycles. The van der Waals surface area contributed by atoms with Crippen molar-refractivity contribution in [1.29, 1.82) is 0 Å². The molecular formula is C5H9NO2. The number of hydrogen-bond acceptors (Lipinski definition) is 3. The third kappa shape index (κ3) is 1.05. The fraction of sp³-hybridized carbons (Fsp3) is 0.800. The van der Waals surface area contributed by atoms with Crippen molar-refractivity contribution in [3.63, 3.8) is 0 Å². The molecule has 1 heterocycles. The Bertz CT molecular complexity index is 128. The second-order valence-corrected chi connectivity index (χ2v) is 1.97. The summed E-state index contributed by atoms with van der Waals surface area (Å²) in [6.45, 7) is 0.440. The van der Waals surface area contributed by atoms with Crippen LogP contribution in [0.4, 0.5) is 0 Å². The van der Waals surface area contributed by atoms with Crippen LogP contribution in [0, 0.1) is 0 Å². The monoisotopic (exact) mass is 116 g/mol. The van der Waals surface area contributed by atoms with E-state index in [1.165, 1.54) is 0 Å². The summed E-state index contributed by atoms with van der Waals surface area (Å²) in [6.07, 6.45) is -0.682. The number of carbonyl (C=O) groups is 1. The molecule has 3 heteroatoms. The zero-order valence-electron chi connectivity index (χ0n) is 5.42. The van der Waals surface area contributed by atoms with Crippen molar-refractivity contribution < 1.29 is 11.3 Å². The molecule has 8 heavy (non-hydrogen) atoms. The number of aldehydes is 1. The van der Waals surface area contributed by atoms with E-state index in [1.54, 1.807) is 0 Å². The SMILES string of the molecule is [2H]C(=O)[C@@H]1C[C@@H](O)CN1. The lowest BCUT2D eigenvalue weighted by Gasteiger charge is -1.94. The van der Waals surface area contributed by atoms with E-state index < -0.39 is 18.4 Å². The molecule has 0 radical (unpaired) electrons. The summed E-state index contributed by atoms with van der Waals surface area (Å²) in [5.74, 6) is 0. The van der Waals surface area contributed by atoms with Crippen molar-refractivity contribution in [2.24, 2.45) is 0 Å². The van der Waals surface area contributed by atoms with E-state index in [0.29, 0.717) is 13.0 Å². The van der Waals surface area contributed by atoms with Crippen LogP contribution in [0.1, 0.15) is 7.79 Å². The smallest absolute Gasteiger partial charge is 0.136 e. The normalized spacial score (nSPS) is 39.4. The number of hydrogen-bond donors (Lipinski definition) is 2. The van der Waals surface area contributed by atoms with Crippen LogP contribution in [-0.2, 0) is 4.79 Å². The van der Waals surface area contributed by atoms with Crippen molar-refractivity contribution in [3.8, 4) is 0 Å². The minimum absolute atomic E-state index is 0.391. The van der Waals surface area contributed by atoms with Crippen LogP contribution in [0.15, 0.2) is 0 Å². The van der Waals surface area contributed by atoms with Gasteiger partial charge in [-0.2, -0.15) is 0 Å². The van der Waals surface area contributed by atoms with Crippen LogP contribution in [0.5, 0.6) is 0 Å². The fourth-order valence-corrected chi connectivity index (χ4v) is 0.807. The lowest BCUT2D eigenvalue weighted by Crippen LogP contribution is -2.22. The summed E-state index contributed by atoms with van der Waals surface area (Å²) in [5, 5.41) is 11.6. The third-order valence-electron chi connectivity index (χ3n) is 1.25. The molecule has 2 N–H and O–H groups in total. The van der Waals surface area contributed by atoms with Gasteiger partial charge in [0.05, 0.1) is 12.1 Å². The van der Waals surface area contributed by atoms with E-state index in [2.05, 4.69) is 5.32 Å². The van der Waals surface area contributed by atoms with Crippen LogP contribution >= 0.6 is 0 Å². The van der Waals surface area contributed by atoms with Gasteiger partial charge in [-0.1, -0.05) is 0 Å². The Balaban J connectivity index is 2.39. The topological polar surface area (TPSA) is 49.3 Å². The molecule has 0 saturated carbocycles. The second-order valence-electron chi connectivity index (χ2n) is 1.97. The van der Waals surface area contributed by atoms with Crippen molar-refractivity contribution in [3.05, 3.63) is 0 Å². The lowest BCUT2D eigenvalue weighted by molar-refractivity contribution is -0.109. The Morgan fingerprint density at radius 3 is 3.00 bits per heavy atom. The van der Waals surface area contributed by atoms with Crippen molar-refractivity contribution >= 4 is 6.26 Å². The Morgan fingerprint density at radius 2 is 2.75 bits per heavy atom. The van der Waals surface area contributed by atoms with Gasteiger partial charge in [0, 0.05) is 6.54 Å². The van der Waals surface area contributed by atoms with E-state index in [9.17, 15) is 4.79 Å². The predicted octanol–water partition coefficient (Wildman–Crippen LogP) is -1.09. The molecule has 0 unspecified atom stereocenters. The van der Waals surface area contributed by atoms with E-state index in [1.807, 2.05) is 0 Å². The molecule has 46 valence electrons. The summed E-state index contributed by atoms with van der Waals surface area (Å²) >= 11 is 0. The first-order chi connectivity index (χ1) is 4.20. The molecule has 1 fully saturated rings. The van der Waals surface area contributed by atoms with Gasteiger partial charge in [-0.3, -0.25) is 0 Å². The standard InChI is InChI=1S/C5H9NO2/c7-3-4-1-5(8)2-6-4/h3-6,8H,1-2H2/t4-,5+/m0/s1/i3D. The minimum Gasteiger partial charge on any atom is -0.392 e. The maximum Gasteiger partial charge on any atom is 0.136 e. The van der Waals surface area contributed by atoms with E-state index in [4.69, 9.17) is 6.48 Å². The largest absolute Gasteiger partial charge is 0.392 e. The van der Waals surface area contributed by atoms with E-state index in [0.717, 1.165) is 0 Å². The van der Waals surface area contributed by atoms with Crippen LogP contribution in [0.2, 0.25) is 0 Å². The first-order valence-corrected chi connectivity index (χ1v) is 2.62. The van der Waals surface area contributed by atoms with Gasteiger partial charge in [-0.25, -0.2) is 0 Å². The number of nitrogens with one attached hydrogen (secondary N) is 1. The highest BCUT2D eigenvalue weighted by atomic mass is 16.3. The summed E-state index contributed by atoms with van der Waals surface area (Å²) in [5.41, 5.74) is 0. The van der Waals surface area contributed by atoms with Crippen LogP contribution in [-0.4, -0.2) is 30.1 Å². The summed E-state index contributed by atoms with van der Waals surface area (Å²) in [6, 6.07) is -0.431. The van der Waals surface area contributed by atoms with Crippen LogP contribution < -0.4 is 5.32 Å². The molecule has 3 nitrogen and oxygen atoms in total. The van der Waals surface area contributed by atoms with E-state index in [-0.39, 0.29) is 0 Å². The number of rotatable bonds is 1. The minimum atomic E-state index is -0.633. The van der Waals surface area contributed by atoms with Gasteiger partial charge < -0.3 is 15.2 Å². The average molecular weight is 116 g/mol. The van der Waals surface area contributed by atoms with Crippen molar-refractivity contribution in [1.82, 2.24) is 5.32 Å². The summed E-state index contributed by atoms with van der Waals surface area (Å²) in [7, 11) is 0. The van der Waals surface area contributed by atoms with Crippen LogP contribution in [0.25, 0.3) is 0 Å². The summed E-state index contributed by atoms with van der Waals surface area (Å²) in [4.78, 5) is 10.3. The second kappa shape index (κ2) is 2.24. The van der Waals surface area contributed by atoms with Crippen molar-refractivity contribution in [2.45, 2.75) is 18.6 Å². The lowest BCUT2D eigenvalue weighted by atomic mass is 10.2. The highest BCUT2D eigenvalue weighted by Gasteiger charge is 2.20. The van der Waals surface area contributed by atoms with Gasteiger partial charge >= 0.3 is 0 Å². The zero-order chi connectivity index (χ0) is 6.85. The molecular weight excluding hydrogens is 106 g/mol. The third-order valence-corrected chi connectivity index (χ3v) is 1.25. The van der Waals surface area contributed by atoms with Gasteiger partial charge in [0.25, 0.3) is 0 Å². The summed E-state index contributed by atoms with van der Waals surface area (Å²) < 4.78 is 6.65. The Hall–Kier alpha value is -0.410. The first-order valence-electron chi connectivity index (χ1n) is 3.12. The molecule has 1 saturated heterocycles. The maximum absolute atomic E-state index is 10.3. The quantitative estimate of drug-likeness (QED) is 0.428. The van der Waals surface area contributed by atoms with Gasteiger partial charge in [-0.15, -0.1) is 0 Å². The average Bonchev–Trinajstić information content (AvgIpc) is 2.14. The fourth-order valence-electron chi connectivity index (χ4n) is 0.807.